The molecule has 5 nitrogen and oxygen atoms in total. The van der Waals surface area contributed by atoms with Crippen molar-refractivity contribution in [1.29, 1.82) is 0 Å². The maximum atomic E-state index is 12.2. The van der Waals surface area contributed by atoms with E-state index in [4.69, 9.17) is 0 Å². The molecule has 2 rings (SSSR count). The molecular formula is C16H20N2O3. The van der Waals surface area contributed by atoms with Crippen LogP contribution in [0.3, 0.4) is 0 Å². The first kappa shape index (κ1) is 15.2. The van der Waals surface area contributed by atoms with Gasteiger partial charge in [0.05, 0.1) is 6.54 Å². The highest BCUT2D eigenvalue weighted by Gasteiger charge is 2.21. The second kappa shape index (κ2) is 6.52. The fraction of sp³-hybridized carbons (Fsp3) is 0.438. The lowest BCUT2D eigenvalue weighted by molar-refractivity contribution is -0.138. The van der Waals surface area contributed by atoms with Gasteiger partial charge in [0.2, 0.25) is 11.8 Å². The van der Waals surface area contributed by atoms with Gasteiger partial charge in [-0.1, -0.05) is 17.7 Å². The number of hydrogen-bond acceptors (Lipinski definition) is 3. The van der Waals surface area contributed by atoms with Crippen molar-refractivity contribution in [2.75, 3.05) is 19.6 Å². The minimum absolute atomic E-state index is 0.0222. The molecule has 0 aromatic heterocycles. The SMILES string of the molecule is Cc1ccc(C)c(C(=O)CCC(=O)N2CCNC(=O)C2)c1. The molecule has 0 unspecified atom stereocenters. The summed E-state index contributed by atoms with van der Waals surface area (Å²) in [4.78, 5) is 37.0. The zero-order chi connectivity index (χ0) is 15.4. The summed E-state index contributed by atoms with van der Waals surface area (Å²) in [5, 5.41) is 2.67. The smallest absolute Gasteiger partial charge is 0.239 e. The lowest BCUT2D eigenvalue weighted by atomic mass is 9.99. The second-order valence-electron chi connectivity index (χ2n) is 5.41. The molecule has 1 N–H and O–H groups in total. The Morgan fingerprint density at radius 1 is 1.24 bits per heavy atom. The molecule has 21 heavy (non-hydrogen) atoms. The molecule has 1 aromatic rings. The Labute approximate surface area is 124 Å². The minimum atomic E-state index is -0.143. The molecule has 0 bridgehead atoms. The highest BCUT2D eigenvalue weighted by atomic mass is 16.2. The van der Waals surface area contributed by atoms with Gasteiger partial charge in [-0.2, -0.15) is 0 Å². The van der Waals surface area contributed by atoms with Crippen LogP contribution >= 0.6 is 0 Å². The van der Waals surface area contributed by atoms with Gasteiger partial charge in [-0.15, -0.1) is 0 Å². The van der Waals surface area contributed by atoms with Crippen LogP contribution in [0.4, 0.5) is 0 Å². The molecule has 1 aliphatic rings. The molecule has 0 atom stereocenters. The largest absolute Gasteiger partial charge is 0.353 e. The van der Waals surface area contributed by atoms with E-state index < -0.39 is 0 Å². The van der Waals surface area contributed by atoms with Gasteiger partial charge < -0.3 is 10.2 Å². The first-order chi connectivity index (χ1) is 9.97. The third-order valence-electron chi connectivity index (χ3n) is 3.65. The predicted molar refractivity (Wildman–Crippen MR) is 79.1 cm³/mol. The number of aryl methyl sites for hydroxylation is 2. The van der Waals surface area contributed by atoms with E-state index >= 15 is 0 Å². The van der Waals surface area contributed by atoms with Crippen LogP contribution in [0.1, 0.15) is 34.3 Å². The lowest BCUT2D eigenvalue weighted by Gasteiger charge is -2.26. The van der Waals surface area contributed by atoms with Crippen molar-refractivity contribution >= 4 is 17.6 Å². The number of rotatable bonds is 4. The summed E-state index contributed by atoms with van der Waals surface area (Å²) in [5.74, 6) is -0.301. The van der Waals surface area contributed by atoms with Crippen LogP contribution in [-0.4, -0.2) is 42.1 Å². The van der Waals surface area contributed by atoms with Gasteiger partial charge in [-0.25, -0.2) is 0 Å². The zero-order valence-corrected chi connectivity index (χ0v) is 12.4. The zero-order valence-electron chi connectivity index (χ0n) is 12.4. The van der Waals surface area contributed by atoms with Crippen molar-refractivity contribution in [3.63, 3.8) is 0 Å². The monoisotopic (exact) mass is 288 g/mol. The van der Waals surface area contributed by atoms with Crippen molar-refractivity contribution in [2.45, 2.75) is 26.7 Å². The van der Waals surface area contributed by atoms with E-state index in [1.54, 1.807) is 0 Å². The number of hydrogen-bond donors (Lipinski definition) is 1. The van der Waals surface area contributed by atoms with E-state index in [-0.39, 0.29) is 37.0 Å². The van der Waals surface area contributed by atoms with E-state index in [1.165, 1.54) is 4.90 Å². The van der Waals surface area contributed by atoms with Crippen LogP contribution in [0.2, 0.25) is 0 Å². The molecule has 0 spiro atoms. The summed E-state index contributed by atoms with van der Waals surface area (Å²) in [5.41, 5.74) is 2.64. The topological polar surface area (TPSA) is 66.5 Å². The van der Waals surface area contributed by atoms with Gasteiger partial charge >= 0.3 is 0 Å². The number of nitrogens with zero attached hydrogens (tertiary/aromatic N) is 1. The number of benzene rings is 1. The lowest BCUT2D eigenvalue weighted by Crippen LogP contribution is -2.50. The van der Waals surface area contributed by atoms with Crippen LogP contribution in [-0.2, 0) is 9.59 Å². The standard InChI is InChI=1S/C16H20N2O3/c1-11-3-4-12(2)13(9-11)14(19)5-6-16(21)18-8-7-17-15(20)10-18/h3-4,9H,5-8,10H2,1-2H3,(H,17,20). The average Bonchev–Trinajstić information content (AvgIpc) is 2.47. The van der Waals surface area contributed by atoms with E-state index in [1.807, 2.05) is 32.0 Å². The number of ketones is 1. The molecule has 0 radical (unpaired) electrons. The third kappa shape index (κ3) is 3.90. The summed E-state index contributed by atoms with van der Waals surface area (Å²) in [6.45, 7) is 4.92. The molecule has 0 aliphatic carbocycles. The summed E-state index contributed by atoms with van der Waals surface area (Å²) in [7, 11) is 0. The van der Waals surface area contributed by atoms with Gasteiger partial charge in [0.15, 0.2) is 5.78 Å². The quantitative estimate of drug-likeness (QED) is 0.847. The Morgan fingerprint density at radius 2 is 2.00 bits per heavy atom. The summed E-state index contributed by atoms with van der Waals surface area (Å²) < 4.78 is 0. The first-order valence-electron chi connectivity index (χ1n) is 7.12. The summed E-state index contributed by atoms with van der Waals surface area (Å²) in [6, 6.07) is 5.74. The summed E-state index contributed by atoms with van der Waals surface area (Å²) in [6.07, 6.45) is 0.334. The highest BCUT2D eigenvalue weighted by Crippen LogP contribution is 2.14. The maximum absolute atomic E-state index is 12.2. The number of carbonyl (C=O) groups is 3. The Morgan fingerprint density at radius 3 is 2.71 bits per heavy atom. The van der Waals surface area contributed by atoms with Crippen LogP contribution in [0.5, 0.6) is 0 Å². The second-order valence-corrected chi connectivity index (χ2v) is 5.41. The normalized spacial score (nSPS) is 14.8. The van der Waals surface area contributed by atoms with Crippen molar-refractivity contribution in [3.05, 3.63) is 34.9 Å². The van der Waals surface area contributed by atoms with Crippen LogP contribution < -0.4 is 5.32 Å². The highest BCUT2D eigenvalue weighted by molar-refractivity contribution is 5.99. The number of amides is 2. The molecule has 0 saturated carbocycles. The number of nitrogens with one attached hydrogen (secondary N) is 1. The third-order valence-corrected chi connectivity index (χ3v) is 3.65. The minimum Gasteiger partial charge on any atom is -0.353 e. The van der Waals surface area contributed by atoms with E-state index in [0.29, 0.717) is 18.7 Å². The number of carbonyl (C=O) groups excluding carboxylic acids is 3. The van der Waals surface area contributed by atoms with Gasteiger partial charge in [0.25, 0.3) is 0 Å². The van der Waals surface area contributed by atoms with Gasteiger partial charge in [0, 0.05) is 31.5 Å². The fourth-order valence-electron chi connectivity index (χ4n) is 2.40. The van der Waals surface area contributed by atoms with Crippen molar-refractivity contribution in [3.8, 4) is 0 Å². The molecule has 1 aromatic carbocycles. The molecule has 5 heteroatoms. The van der Waals surface area contributed by atoms with Gasteiger partial charge in [-0.3, -0.25) is 14.4 Å². The average molecular weight is 288 g/mol. The Bertz CT molecular complexity index is 581. The van der Waals surface area contributed by atoms with Crippen molar-refractivity contribution in [1.82, 2.24) is 10.2 Å². The maximum Gasteiger partial charge on any atom is 0.239 e. The van der Waals surface area contributed by atoms with Crippen LogP contribution in [0, 0.1) is 13.8 Å². The molecule has 1 saturated heterocycles. The number of Topliss-reactive ketones (excluding diaryl/α,β-unsaturated/α-hetero) is 1. The summed E-state index contributed by atoms with van der Waals surface area (Å²) >= 11 is 0. The predicted octanol–water partition coefficient (Wildman–Crippen LogP) is 1.22. The molecule has 2 amide bonds. The molecule has 112 valence electrons. The first-order valence-corrected chi connectivity index (χ1v) is 7.12. The van der Waals surface area contributed by atoms with E-state index in [0.717, 1.165) is 11.1 Å². The van der Waals surface area contributed by atoms with E-state index in [2.05, 4.69) is 5.32 Å². The molecule has 1 aliphatic heterocycles. The Hall–Kier alpha value is -2.17. The van der Waals surface area contributed by atoms with Crippen molar-refractivity contribution in [2.24, 2.45) is 0 Å². The van der Waals surface area contributed by atoms with Gasteiger partial charge in [0.1, 0.15) is 0 Å². The van der Waals surface area contributed by atoms with E-state index in [9.17, 15) is 14.4 Å². The Balaban J connectivity index is 1.93. The van der Waals surface area contributed by atoms with Gasteiger partial charge in [-0.05, 0) is 25.5 Å². The fourth-order valence-corrected chi connectivity index (χ4v) is 2.40. The molecular weight excluding hydrogens is 268 g/mol. The van der Waals surface area contributed by atoms with Crippen LogP contribution in [0.25, 0.3) is 0 Å². The Kier molecular flexibility index (Phi) is 4.73. The number of piperazine rings is 1. The molecule has 1 heterocycles. The van der Waals surface area contributed by atoms with Crippen molar-refractivity contribution < 1.29 is 14.4 Å². The van der Waals surface area contributed by atoms with Crippen LogP contribution in [0.15, 0.2) is 18.2 Å². The molecule has 1 fully saturated rings.